The van der Waals surface area contributed by atoms with Gasteiger partial charge in [-0.15, -0.1) is 0 Å². The van der Waals surface area contributed by atoms with E-state index in [1.54, 1.807) is 0 Å². The van der Waals surface area contributed by atoms with Gasteiger partial charge in [-0.05, 0) is 32.6 Å². The summed E-state index contributed by atoms with van der Waals surface area (Å²) in [5.74, 6) is -0.291. The molecule has 0 amide bonds. The minimum Gasteiger partial charge on any atom is -0.392 e. The predicted octanol–water partition coefficient (Wildman–Crippen LogP) is 3.34. The zero-order chi connectivity index (χ0) is 20.3. The van der Waals surface area contributed by atoms with Crippen molar-refractivity contribution in [1.29, 1.82) is 0 Å². The standard InChI is InChI=1S/C22H38O5/c1-3-4-13-22(2,27)14-9-12-19-18(20(25)15-21(19)26)11-8-6-5-7-10-17(24)16-23/h9,12,18-19,21,23,26-27H,3-8,10-11,13-16H2,1-2H3/b12-9+. The lowest BCUT2D eigenvalue weighted by Gasteiger charge is -2.22. The molecule has 1 aliphatic rings. The number of aliphatic hydroxyl groups is 3. The van der Waals surface area contributed by atoms with Gasteiger partial charge in [-0.25, -0.2) is 0 Å². The van der Waals surface area contributed by atoms with E-state index in [9.17, 15) is 19.8 Å². The summed E-state index contributed by atoms with van der Waals surface area (Å²) < 4.78 is 0. The second-order valence-corrected chi connectivity index (χ2v) is 8.30. The third kappa shape index (κ3) is 9.13. The average Bonchev–Trinajstić information content (AvgIpc) is 2.89. The van der Waals surface area contributed by atoms with Crippen molar-refractivity contribution in [1.82, 2.24) is 0 Å². The van der Waals surface area contributed by atoms with Crippen molar-refractivity contribution < 1.29 is 24.9 Å². The Bertz CT molecular complexity index is 483. The maximum Gasteiger partial charge on any atom is 0.158 e. The number of aliphatic hydroxyl groups excluding tert-OH is 2. The van der Waals surface area contributed by atoms with E-state index in [1.165, 1.54) is 0 Å². The van der Waals surface area contributed by atoms with Crippen LogP contribution in [0.5, 0.6) is 0 Å². The fourth-order valence-electron chi connectivity index (χ4n) is 3.85. The van der Waals surface area contributed by atoms with E-state index in [0.717, 1.165) is 51.4 Å². The lowest BCUT2D eigenvalue weighted by atomic mass is 9.87. The lowest BCUT2D eigenvalue weighted by Crippen LogP contribution is -2.23. The molecule has 5 nitrogen and oxygen atoms in total. The van der Waals surface area contributed by atoms with Crippen LogP contribution in [0.25, 0.3) is 0 Å². The molecule has 5 heteroatoms. The summed E-state index contributed by atoms with van der Waals surface area (Å²) in [5.41, 5.74) is -0.735. The second-order valence-electron chi connectivity index (χ2n) is 8.30. The first-order valence-electron chi connectivity index (χ1n) is 10.5. The zero-order valence-corrected chi connectivity index (χ0v) is 17.0. The van der Waals surface area contributed by atoms with E-state index >= 15 is 0 Å². The molecule has 0 spiro atoms. The van der Waals surface area contributed by atoms with E-state index in [1.807, 2.05) is 19.1 Å². The Morgan fingerprint density at radius 2 is 1.93 bits per heavy atom. The molecule has 156 valence electrons. The quantitative estimate of drug-likeness (QED) is 0.316. The Balaban J connectivity index is 2.42. The first-order chi connectivity index (χ1) is 12.8. The minimum atomic E-state index is -0.735. The van der Waals surface area contributed by atoms with Gasteiger partial charge in [0, 0.05) is 24.7 Å². The highest BCUT2D eigenvalue weighted by atomic mass is 16.3. The second kappa shape index (κ2) is 12.4. The van der Waals surface area contributed by atoms with Gasteiger partial charge in [0.25, 0.3) is 0 Å². The monoisotopic (exact) mass is 382 g/mol. The first kappa shape index (κ1) is 24.0. The number of hydrogen-bond acceptors (Lipinski definition) is 5. The van der Waals surface area contributed by atoms with Crippen LogP contribution in [0.4, 0.5) is 0 Å². The molecule has 1 fully saturated rings. The van der Waals surface area contributed by atoms with Crippen LogP contribution in [0, 0.1) is 11.8 Å². The third-order valence-electron chi connectivity index (χ3n) is 5.61. The van der Waals surface area contributed by atoms with Crippen LogP contribution < -0.4 is 0 Å². The largest absolute Gasteiger partial charge is 0.392 e. The number of ketones is 2. The van der Waals surface area contributed by atoms with Crippen LogP contribution in [0.3, 0.4) is 0 Å². The summed E-state index contributed by atoms with van der Waals surface area (Å²) >= 11 is 0. The summed E-state index contributed by atoms with van der Waals surface area (Å²) in [6.07, 6.45) is 11.5. The number of rotatable bonds is 14. The number of carbonyl (C=O) groups is 2. The van der Waals surface area contributed by atoms with Gasteiger partial charge in [0.05, 0.1) is 11.7 Å². The Morgan fingerprint density at radius 3 is 2.59 bits per heavy atom. The number of carbonyl (C=O) groups excluding carboxylic acids is 2. The molecule has 1 rings (SSSR count). The van der Waals surface area contributed by atoms with Gasteiger partial charge in [0.2, 0.25) is 0 Å². The van der Waals surface area contributed by atoms with Gasteiger partial charge in [0.15, 0.2) is 5.78 Å². The molecule has 0 heterocycles. The van der Waals surface area contributed by atoms with E-state index in [2.05, 4.69) is 6.92 Å². The fraction of sp³-hybridized carbons (Fsp3) is 0.818. The molecule has 1 aliphatic carbocycles. The summed E-state index contributed by atoms with van der Waals surface area (Å²) in [6.45, 7) is 3.55. The highest BCUT2D eigenvalue weighted by Gasteiger charge is 2.39. The zero-order valence-electron chi connectivity index (χ0n) is 17.0. The Morgan fingerprint density at radius 1 is 1.22 bits per heavy atom. The van der Waals surface area contributed by atoms with E-state index in [-0.39, 0.29) is 36.4 Å². The average molecular weight is 383 g/mol. The van der Waals surface area contributed by atoms with Gasteiger partial charge in [-0.3, -0.25) is 9.59 Å². The van der Waals surface area contributed by atoms with Gasteiger partial charge in [-0.1, -0.05) is 51.2 Å². The predicted molar refractivity (Wildman–Crippen MR) is 106 cm³/mol. The van der Waals surface area contributed by atoms with Crippen LogP contribution >= 0.6 is 0 Å². The van der Waals surface area contributed by atoms with Crippen molar-refractivity contribution in [2.45, 2.75) is 96.2 Å². The third-order valence-corrected chi connectivity index (χ3v) is 5.61. The van der Waals surface area contributed by atoms with Gasteiger partial charge >= 0.3 is 0 Å². The molecule has 0 aromatic rings. The summed E-state index contributed by atoms with van der Waals surface area (Å²) in [7, 11) is 0. The molecule has 0 radical (unpaired) electrons. The molecule has 3 N–H and O–H groups in total. The summed E-state index contributed by atoms with van der Waals surface area (Å²) in [4.78, 5) is 23.3. The lowest BCUT2D eigenvalue weighted by molar-refractivity contribution is -0.122. The molecule has 4 unspecified atom stereocenters. The van der Waals surface area contributed by atoms with Crippen LogP contribution in [-0.4, -0.2) is 45.2 Å². The van der Waals surface area contributed by atoms with Crippen molar-refractivity contribution in [2.24, 2.45) is 11.8 Å². The van der Waals surface area contributed by atoms with E-state index in [4.69, 9.17) is 5.11 Å². The molecule has 4 atom stereocenters. The molecule has 0 saturated heterocycles. The molecule has 27 heavy (non-hydrogen) atoms. The minimum absolute atomic E-state index is 0.121. The van der Waals surface area contributed by atoms with Crippen molar-refractivity contribution in [3.8, 4) is 0 Å². The highest BCUT2D eigenvalue weighted by molar-refractivity contribution is 5.84. The maximum absolute atomic E-state index is 12.2. The maximum atomic E-state index is 12.2. The Labute approximate surface area is 163 Å². The van der Waals surface area contributed by atoms with Crippen LogP contribution in [0.15, 0.2) is 12.2 Å². The van der Waals surface area contributed by atoms with Crippen LogP contribution in [0.2, 0.25) is 0 Å². The molecule has 0 aromatic heterocycles. The van der Waals surface area contributed by atoms with Crippen LogP contribution in [-0.2, 0) is 9.59 Å². The number of unbranched alkanes of at least 4 members (excludes halogenated alkanes) is 4. The van der Waals surface area contributed by atoms with E-state index < -0.39 is 11.7 Å². The highest BCUT2D eigenvalue weighted by Crippen LogP contribution is 2.34. The van der Waals surface area contributed by atoms with Crippen molar-refractivity contribution in [3.05, 3.63) is 12.2 Å². The smallest absolute Gasteiger partial charge is 0.158 e. The molecule has 0 aromatic carbocycles. The topological polar surface area (TPSA) is 94.8 Å². The van der Waals surface area contributed by atoms with Gasteiger partial charge in [-0.2, -0.15) is 0 Å². The normalized spacial score (nSPS) is 25.2. The molecular weight excluding hydrogens is 344 g/mol. The fourth-order valence-corrected chi connectivity index (χ4v) is 3.85. The molecule has 0 aliphatic heterocycles. The van der Waals surface area contributed by atoms with Crippen LogP contribution in [0.1, 0.15) is 84.5 Å². The van der Waals surface area contributed by atoms with Gasteiger partial charge < -0.3 is 15.3 Å². The Kier molecular flexibility index (Phi) is 11.0. The molecule has 1 saturated carbocycles. The van der Waals surface area contributed by atoms with Crippen molar-refractivity contribution >= 4 is 11.6 Å². The van der Waals surface area contributed by atoms with Gasteiger partial charge in [0.1, 0.15) is 12.4 Å². The summed E-state index contributed by atoms with van der Waals surface area (Å²) in [5, 5.41) is 29.3. The van der Waals surface area contributed by atoms with E-state index in [0.29, 0.717) is 12.8 Å². The number of Topliss-reactive ketones (excluding diaryl/α,β-unsaturated/α-hetero) is 2. The molecule has 0 bridgehead atoms. The van der Waals surface area contributed by atoms with Crippen molar-refractivity contribution in [2.75, 3.05) is 6.61 Å². The van der Waals surface area contributed by atoms with Crippen molar-refractivity contribution in [3.63, 3.8) is 0 Å². The first-order valence-corrected chi connectivity index (χ1v) is 10.5. The SMILES string of the molecule is CCCCC(C)(O)C/C=C/C1C(O)CC(=O)C1CCCCCCC(=O)CO. The number of hydrogen-bond donors (Lipinski definition) is 3. The summed E-state index contributed by atoms with van der Waals surface area (Å²) in [6, 6.07) is 0. The molecular formula is C22H38O5. The Hall–Kier alpha value is -1.04.